The third-order valence-electron chi connectivity index (χ3n) is 11.8. The van der Waals surface area contributed by atoms with Crippen LogP contribution in [0.5, 0.6) is 5.75 Å². The molecule has 0 radical (unpaired) electrons. The van der Waals surface area contributed by atoms with E-state index in [9.17, 15) is 43.5 Å². The van der Waals surface area contributed by atoms with Crippen LogP contribution < -0.4 is 43.2 Å². The van der Waals surface area contributed by atoms with Crippen molar-refractivity contribution in [2.24, 2.45) is 17.2 Å². The van der Waals surface area contributed by atoms with E-state index in [1.807, 2.05) is 0 Å². The van der Waals surface area contributed by atoms with Crippen LogP contribution in [0.4, 0.5) is 0 Å². The number of ketones is 2. The van der Waals surface area contributed by atoms with Crippen LogP contribution in [0.1, 0.15) is 191 Å². The van der Waals surface area contributed by atoms with Crippen molar-refractivity contribution in [2.45, 2.75) is 204 Å². The van der Waals surface area contributed by atoms with Crippen molar-refractivity contribution in [3.63, 3.8) is 0 Å². The molecule has 0 heterocycles. The summed E-state index contributed by atoms with van der Waals surface area (Å²) in [6.07, 6.45) is 18.5. The van der Waals surface area contributed by atoms with Crippen molar-refractivity contribution in [1.29, 1.82) is 0 Å². The number of hydrogen-bond acceptors (Lipinski definition) is 12. The Labute approximate surface area is 404 Å². The molecule has 4 atom stereocenters. The zero-order valence-corrected chi connectivity index (χ0v) is 40.8. The van der Waals surface area contributed by atoms with Crippen molar-refractivity contribution in [1.82, 2.24) is 21.3 Å². The molecule has 0 saturated heterocycles. The lowest BCUT2D eigenvalue weighted by Crippen LogP contribution is -2.42. The first-order valence-electron chi connectivity index (χ1n) is 25.2. The van der Waals surface area contributed by atoms with Gasteiger partial charge in [-0.05, 0) is 115 Å². The number of hydrogen-bond donors (Lipinski definition) is 9. The second-order valence-electron chi connectivity index (χ2n) is 17.9. The first kappa shape index (κ1) is 61.1. The summed E-state index contributed by atoms with van der Waals surface area (Å²) in [5.41, 5.74) is 18.0. The molecule has 0 bridgehead atoms. The van der Waals surface area contributed by atoms with Gasteiger partial charge in [-0.15, -0.1) is 0 Å². The lowest BCUT2D eigenvalue weighted by atomic mass is 10.0. The Bertz CT molecular complexity index is 1630. The highest BCUT2D eigenvalue weighted by Gasteiger charge is 2.21. The molecule has 386 valence electrons. The second-order valence-corrected chi connectivity index (χ2v) is 17.9. The molecule has 18 heteroatoms. The Morgan fingerprint density at radius 1 is 0.500 bits per heavy atom. The van der Waals surface area contributed by atoms with Gasteiger partial charge >= 0.3 is 11.9 Å². The van der Waals surface area contributed by atoms with Crippen molar-refractivity contribution in [2.75, 3.05) is 26.2 Å². The second kappa shape index (κ2) is 39.0. The number of carbonyl (C=O) groups excluding carboxylic acids is 6. The third kappa shape index (κ3) is 32.7. The number of aromatic carboxylic acids is 1. The molecule has 1 rings (SSSR count). The molecule has 0 aliphatic heterocycles. The number of nitrogens with one attached hydrogen (secondary N) is 4. The van der Waals surface area contributed by atoms with Crippen LogP contribution in [-0.4, -0.2) is 108 Å². The van der Waals surface area contributed by atoms with Crippen LogP contribution in [0.3, 0.4) is 0 Å². The number of ether oxygens (including phenoxy) is 1. The van der Waals surface area contributed by atoms with Crippen molar-refractivity contribution in [3.8, 4) is 5.75 Å². The van der Waals surface area contributed by atoms with Crippen LogP contribution in [0.15, 0.2) is 24.3 Å². The van der Waals surface area contributed by atoms with Gasteiger partial charge in [0, 0.05) is 45.3 Å². The smallest absolute Gasteiger partial charge is 0.335 e. The summed E-state index contributed by atoms with van der Waals surface area (Å²) in [5.74, 6) is -2.38. The van der Waals surface area contributed by atoms with Gasteiger partial charge in [0.05, 0.1) is 30.3 Å². The number of nitrogens with two attached hydrogens (primary N) is 3. The average molecular weight is 960 g/mol. The summed E-state index contributed by atoms with van der Waals surface area (Å²) in [6, 6.07) is 3.48. The molecule has 0 aromatic heterocycles. The molecule has 0 aliphatic rings. The predicted octanol–water partition coefficient (Wildman–Crippen LogP) is 5.35. The van der Waals surface area contributed by atoms with Gasteiger partial charge in [-0.1, -0.05) is 64.2 Å². The van der Waals surface area contributed by atoms with Crippen molar-refractivity contribution in [3.05, 3.63) is 29.8 Å². The number of benzene rings is 1. The zero-order valence-electron chi connectivity index (χ0n) is 40.8. The van der Waals surface area contributed by atoms with Gasteiger partial charge in [0.1, 0.15) is 23.4 Å². The van der Waals surface area contributed by atoms with Crippen LogP contribution in [0.25, 0.3) is 0 Å². The van der Waals surface area contributed by atoms with Gasteiger partial charge in [-0.25, -0.2) is 9.59 Å². The van der Waals surface area contributed by atoms with E-state index in [2.05, 4.69) is 21.3 Å². The molecule has 68 heavy (non-hydrogen) atoms. The summed E-state index contributed by atoms with van der Waals surface area (Å²) in [7, 11) is 0. The Morgan fingerprint density at radius 3 is 1.49 bits per heavy atom. The zero-order chi connectivity index (χ0) is 50.4. The summed E-state index contributed by atoms with van der Waals surface area (Å²) in [6.45, 7) is 3.56. The van der Waals surface area contributed by atoms with Gasteiger partial charge in [0.25, 0.3) is 0 Å². The van der Waals surface area contributed by atoms with Crippen LogP contribution in [0.2, 0.25) is 0 Å². The van der Waals surface area contributed by atoms with Crippen LogP contribution >= 0.6 is 0 Å². The largest absolute Gasteiger partial charge is 0.494 e. The van der Waals surface area contributed by atoms with E-state index in [0.29, 0.717) is 103 Å². The number of unbranched alkanes of at least 4 members (excludes halogenated alkanes) is 14. The molecule has 0 unspecified atom stereocenters. The molecule has 0 fully saturated rings. The molecule has 12 N–H and O–H groups in total. The van der Waals surface area contributed by atoms with E-state index in [4.69, 9.17) is 27.0 Å². The minimum Gasteiger partial charge on any atom is -0.494 e. The first-order chi connectivity index (χ1) is 32.6. The summed E-state index contributed by atoms with van der Waals surface area (Å²) in [4.78, 5) is 95.5. The molecule has 1 aromatic rings. The van der Waals surface area contributed by atoms with Crippen molar-refractivity contribution >= 4 is 47.1 Å². The molecular formula is C50H85N7O11. The Morgan fingerprint density at radius 2 is 0.941 bits per heavy atom. The van der Waals surface area contributed by atoms with Gasteiger partial charge in [-0.3, -0.25) is 28.8 Å². The number of carbonyl (C=O) groups is 8. The van der Waals surface area contributed by atoms with E-state index in [1.54, 1.807) is 12.1 Å². The summed E-state index contributed by atoms with van der Waals surface area (Å²) >= 11 is 0. The minimum atomic E-state index is -1.18. The average Bonchev–Trinajstić information content (AvgIpc) is 3.30. The van der Waals surface area contributed by atoms with E-state index in [-0.39, 0.29) is 66.4 Å². The monoisotopic (exact) mass is 960 g/mol. The fraction of sp³-hybridized carbons (Fsp3) is 0.720. The van der Waals surface area contributed by atoms with E-state index >= 15 is 0 Å². The number of carboxylic acid groups (broad SMARTS) is 2. The van der Waals surface area contributed by atoms with E-state index in [1.165, 1.54) is 19.1 Å². The van der Waals surface area contributed by atoms with Crippen LogP contribution in [-0.2, 0) is 33.6 Å². The Hall–Kier alpha value is -4.94. The number of amides is 4. The highest BCUT2D eigenvalue weighted by molar-refractivity contribution is 5.87. The molecule has 18 nitrogen and oxygen atoms in total. The maximum Gasteiger partial charge on any atom is 0.335 e. The third-order valence-corrected chi connectivity index (χ3v) is 11.8. The van der Waals surface area contributed by atoms with Crippen molar-refractivity contribution < 1.29 is 53.3 Å². The van der Waals surface area contributed by atoms with E-state index < -0.39 is 36.1 Å². The SMILES string of the molecule is CC(=O)[C@@H](N)CCCCNC(=O)[C@@H](N)CCCCNC(=O)[C@@H](N)CCCCCC(=O)CC[C@H](NC(=O)CCCCCCCNC(=O)CCCCCCCCCOc1ccc(C(=O)O)cc1)C(=O)O. The maximum atomic E-state index is 12.5. The lowest BCUT2D eigenvalue weighted by Gasteiger charge is -2.14. The minimum absolute atomic E-state index is 0.0180. The fourth-order valence-corrected chi connectivity index (χ4v) is 7.36. The van der Waals surface area contributed by atoms with Gasteiger partial charge in [0.15, 0.2) is 0 Å². The van der Waals surface area contributed by atoms with Gasteiger partial charge < -0.3 is 53.4 Å². The topological polar surface area (TPSA) is 312 Å². The Kier molecular flexibility index (Phi) is 35.0. The number of Topliss-reactive ketones (excluding diaryl/α,β-unsaturated/α-hetero) is 2. The van der Waals surface area contributed by atoms with Crippen LogP contribution in [0, 0.1) is 0 Å². The molecule has 1 aromatic carbocycles. The predicted molar refractivity (Wildman–Crippen MR) is 262 cm³/mol. The molecular weight excluding hydrogens is 875 g/mol. The van der Waals surface area contributed by atoms with Gasteiger partial charge in [0.2, 0.25) is 23.6 Å². The molecule has 4 amide bonds. The fourth-order valence-electron chi connectivity index (χ4n) is 7.36. The first-order valence-corrected chi connectivity index (χ1v) is 25.2. The van der Waals surface area contributed by atoms with E-state index in [0.717, 1.165) is 77.0 Å². The normalized spacial score (nSPS) is 12.8. The highest BCUT2D eigenvalue weighted by atomic mass is 16.5. The lowest BCUT2D eigenvalue weighted by molar-refractivity contribution is -0.142. The Balaban J connectivity index is 1.99. The standard InChI is InChI=1S/C50H85N7O11/c1-37(58)41(51)22-15-18-34-55-48(63)43(53)24-16-19-35-56-47(62)42(52)23-12-10-11-21-39(59)29-32-44(50(66)67)57-46(61)26-14-7-5-8-17-33-54-45(60)25-13-6-3-2-4-9-20-36-68-40-30-27-38(28-31-40)49(64)65/h27-28,30-31,41-44H,2-26,29,32-36,51-53H2,1H3,(H,54,60)(H,55,63)(H,56,62)(H,57,61)(H,64,65)(H,66,67)/t41-,42-,43-,44-/m0/s1. The number of carboxylic acids is 2. The number of rotatable bonds is 44. The summed E-state index contributed by atoms with van der Waals surface area (Å²) in [5, 5.41) is 29.7. The molecule has 0 spiro atoms. The maximum absolute atomic E-state index is 12.5. The van der Waals surface area contributed by atoms with Gasteiger partial charge in [-0.2, -0.15) is 0 Å². The molecule has 0 aliphatic carbocycles. The quantitative estimate of drug-likeness (QED) is 0.0373. The molecule has 0 saturated carbocycles. The number of aliphatic carboxylic acids is 1. The highest BCUT2D eigenvalue weighted by Crippen LogP contribution is 2.15. The summed E-state index contributed by atoms with van der Waals surface area (Å²) < 4.78 is 5.66.